The van der Waals surface area contributed by atoms with Crippen molar-refractivity contribution in [1.82, 2.24) is 19.7 Å². The van der Waals surface area contributed by atoms with Crippen molar-refractivity contribution < 1.29 is 4.79 Å². The van der Waals surface area contributed by atoms with E-state index in [1.54, 1.807) is 4.90 Å². The van der Waals surface area contributed by atoms with E-state index in [4.69, 9.17) is 5.84 Å². The maximum atomic E-state index is 11.8. The van der Waals surface area contributed by atoms with Crippen LogP contribution in [-0.2, 0) is 6.54 Å². The third kappa shape index (κ3) is 2.64. The molecule has 6 heteroatoms. The smallest absolute Gasteiger partial charge is 0.318 e. The number of rotatable bonds is 4. The Balaban J connectivity index is 2.00. The molecule has 1 unspecified atom stereocenters. The van der Waals surface area contributed by atoms with Crippen molar-refractivity contribution in [3.05, 3.63) is 18.0 Å². The summed E-state index contributed by atoms with van der Waals surface area (Å²) in [6.45, 7) is 6.19. The van der Waals surface area contributed by atoms with E-state index in [0.29, 0.717) is 19.1 Å². The minimum absolute atomic E-state index is 0.112. The Kier molecular flexibility index (Phi) is 3.86. The molecule has 1 aromatic rings. The molecule has 2 heterocycles. The molecule has 100 valence electrons. The first-order chi connectivity index (χ1) is 8.61. The predicted molar refractivity (Wildman–Crippen MR) is 68.5 cm³/mol. The van der Waals surface area contributed by atoms with Crippen molar-refractivity contribution in [3.8, 4) is 0 Å². The zero-order valence-electron chi connectivity index (χ0n) is 11.0. The number of aromatic nitrogens is 2. The zero-order valence-corrected chi connectivity index (χ0v) is 11.0. The van der Waals surface area contributed by atoms with Gasteiger partial charge in [0.15, 0.2) is 0 Å². The summed E-state index contributed by atoms with van der Waals surface area (Å²) in [6, 6.07) is 2.25. The molecule has 0 radical (unpaired) electrons. The van der Waals surface area contributed by atoms with Crippen LogP contribution in [0, 0.1) is 0 Å². The normalized spacial score (nSPS) is 18.3. The number of carbonyl (C=O) groups is 1. The summed E-state index contributed by atoms with van der Waals surface area (Å²) < 4.78 is 1.95. The Morgan fingerprint density at radius 3 is 3.00 bits per heavy atom. The fourth-order valence-electron chi connectivity index (χ4n) is 2.04. The Labute approximate surface area is 107 Å². The lowest BCUT2D eigenvalue weighted by molar-refractivity contribution is 0.126. The van der Waals surface area contributed by atoms with Crippen LogP contribution in [0.4, 0.5) is 4.79 Å². The van der Waals surface area contributed by atoms with Crippen molar-refractivity contribution >= 4 is 6.03 Å². The first-order valence-corrected chi connectivity index (χ1v) is 6.47. The van der Waals surface area contributed by atoms with Crippen molar-refractivity contribution in [2.75, 3.05) is 13.1 Å². The molecule has 0 aliphatic carbocycles. The molecule has 1 fully saturated rings. The molecule has 2 rings (SSSR count). The monoisotopic (exact) mass is 251 g/mol. The van der Waals surface area contributed by atoms with Gasteiger partial charge in [0.05, 0.1) is 12.2 Å². The average molecular weight is 251 g/mol. The molecule has 0 aromatic carbocycles. The number of hydrazine groups is 1. The largest absolute Gasteiger partial charge is 0.334 e. The van der Waals surface area contributed by atoms with E-state index in [1.807, 2.05) is 16.9 Å². The average Bonchev–Trinajstić information content (AvgIpc) is 2.82. The number of amides is 2. The number of carbonyl (C=O) groups excluding carboxylic acids is 1. The summed E-state index contributed by atoms with van der Waals surface area (Å²) >= 11 is 0. The van der Waals surface area contributed by atoms with E-state index in [9.17, 15) is 4.79 Å². The van der Waals surface area contributed by atoms with Crippen molar-refractivity contribution in [2.24, 2.45) is 5.84 Å². The van der Waals surface area contributed by atoms with Gasteiger partial charge < -0.3 is 4.90 Å². The third-order valence-electron chi connectivity index (χ3n) is 3.40. The minimum Gasteiger partial charge on any atom is -0.318 e. The molecule has 0 bridgehead atoms. The summed E-state index contributed by atoms with van der Waals surface area (Å²) in [7, 11) is 0. The molecule has 0 spiro atoms. The molecule has 2 amide bonds. The van der Waals surface area contributed by atoms with Gasteiger partial charge in [0.2, 0.25) is 0 Å². The first kappa shape index (κ1) is 12.9. The third-order valence-corrected chi connectivity index (χ3v) is 3.40. The molecule has 1 aromatic heterocycles. The summed E-state index contributed by atoms with van der Waals surface area (Å²) in [5.41, 5.74) is 0.916. The van der Waals surface area contributed by atoms with E-state index in [2.05, 4.69) is 18.9 Å². The molecular formula is C12H21N5O. The predicted octanol–water partition coefficient (Wildman–Crippen LogP) is 1.36. The highest BCUT2D eigenvalue weighted by Gasteiger charge is 2.23. The van der Waals surface area contributed by atoms with Crippen LogP contribution >= 0.6 is 0 Å². The number of hydrogen-bond donors (Lipinski definition) is 1. The van der Waals surface area contributed by atoms with Gasteiger partial charge in [-0.3, -0.25) is 9.69 Å². The van der Waals surface area contributed by atoms with E-state index < -0.39 is 0 Å². The number of nitrogens with zero attached hydrogens (tertiary/aromatic N) is 4. The van der Waals surface area contributed by atoms with E-state index >= 15 is 0 Å². The molecule has 1 aliphatic rings. The quantitative estimate of drug-likeness (QED) is 0.649. The molecule has 18 heavy (non-hydrogen) atoms. The van der Waals surface area contributed by atoms with Gasteiger partial charge in [0.25, 0.3) is 0 Å². The van der Waals surface area contributed by atoms with Crippen molar-refractivity contribution in [2.45, 2.75) is 39.3 Å². The summed E-state index contributed by atoms with van der Waals surface area (Å²) in [4.78, 5) is 13.6. The van der Waals surface area contributed by atoms with Gasteiger partial charge in [0.1, 0.15) is 0 Å². The van der Waals surface area contributed by atoms with Crippen molar-refractivity contribution in [1.29, 1.82) is 0 Å². The first-order valence-electron chi connectivity index (χ1n) is 6.47. The topological polar surface area (TPSA) is 67.4 Å². The molecule has 1 saturated heterocycles. The number of hydrogen-bond acceptors (Lipinski definition) is 3. The lowest BCUT2D eigenvalue weighted by atomic mass is 10.3. The maximum Gasteiger partial charge on any atom is 0.334 e. The maximum absolute atomic E-state index is 11.8. The highest BCUT2D eigenvalue weighted by Crippen LogP contribution is 2.13. The van der Waals surface area contributed by atoms with E-state index in [0.717, 1.165) is 25.1 Å². The van der Waals surface area contributed by atoms with Gasteiger partial charge in [-0.1, -0.05) is 6.92 Å². The molecular weight excluding hydrogens is 230 g/mol. The SMILES string of the molecule is CCC(C)n1ccc(CN2CCCN(N)C2=O)n1. The van der Waals surface area contributed by atoms with Gasteiger partial charge in [-0.2, -0.15) is 5.10 Å². The van der Waals surface area contributed by atoms with Crippen LogP contribution in [-0.4, -0.2) is 38.8 Å². The van der Waals surface area contributed by atoms with Crippen LogP contribution in [0.3, 0.4) is 0 Å². The van der Waals surface area contributed by atoms with E-state index in [-0.39, 0.29) is 6.03 Å². The molecule has 1 atom stereocenters. The highest BCUT2D eigenvalue weighted by molar-refractivity contribution is 5.74. The lowest BCUT2D eigenvalue weighted by Gasteiger charge is -2.32. The van der Waals surface area contributed by atoms with Crippen molar-refractivity contribution in [3.63, 3.8) is 0 Å². The number of urea groups is 1. The standard InChI is InChI=1S/C12H21N5O/c1-3-10(2)17-8-5-11(14-17)9-15-6-4-7-16(13)12(15)18/h5,8,10H,3-4,6-7,9,13H2,1-2H3. The Morgan fingerprint density at radius 2 is 2.28 bits per heavy atom. The lowest BCUT2D eigenvalue weighted by Crippen LogP contribution is -2.52. The second kappa shape index (κ2) is 5.39. The molecule has 1 aliphatic heterocycles. The Morgan fingerprint density at radius 1 is 1.50 bits per heavy atom. The zero-order chi connectivity index (χ0) is 13.1. The fraction of sp³-hybridized carbons (Fsp3) is 0.667. The van der Waals surface area contributed by atoms with Crippen LogP contribution in [0.1, 0.15) is 38.4 Å². The summed E-state index contributed by atoms with van der Waals surface area (Å²) in [5.74, 6) is 5.61. The van der Waals surface area contributed by atoms with Crippen LogP contribution < -0.4 is 5.84 Å². The number of nitrogens with two attached hydrogens (primary N) is 1. The summed E-state index contributed by atoms with van der Waals surface area (Å²) in [6.07, 6.45) is 3.92. The Hall–Kier alpha value is -1.56. The van der Waals surface area contributed by atoms with Gasteiger partial charge >= 0.3 is 6.03 Å². The highest BCUT2D eigenvalue weighted by atomic mass is 16.2. The van der Waals surface area contributed by atoms with E-state index in [1.165, 1.54) is 5.01 Å². The van der Waals surface area contributed by atoms with Gasteiger partial charge in [-0.15, -0.1) is 0 Å². The fourth-order valence-corrected chi connectivity index (χ4v) is 2.04. The Bertz CT molecular complexity index is 416. The van der Waals surface area contributed by atoms with Gasteiger partial charge in [0, 0.05) is 25.3 Å². The second-order valence-corrected chi connectivity index (χ2v) is 4.80. The van der Waals surface area contributed by atoms with Gasteiger partial charge in [-0.25, -0.2) is 10.6 Å². The molecule has 6 nitrogen and oxygen atoms in total. The van der Waals surface area contributed by atoms with Crippen LogP contribution in [0.5, 0.6) is 0 Å². The van der Waals surface area contributed by atoms with Crippen LogP contribution in [0.25, 0.3) is 0 Å². The minimum atomic E-state index is -0.112. The molecule has 0 saturated carbocycles. The van der Waals surface area contributed by atoms with Gasteiger partial charge in [-0.05, 0) is 25.8 Å². The van der Waals surface area contributed by atoms with Crippen LogP contribution in [0.15, 0.2) is 12.3 Å². The second-order valence-electron chi connectivity index (χ2n) is 4.80. The van der Waals surface area contributed by atoms with Crippen LogP contribution in [0.2, 0.25) is 0 Å². The summed E-state index contributed by atoms with van der Waals surface area (Å²) in [5, 5.41) is 5.77. The molecule has 2 N–H and O–H groups in total.